The Labute approximate surface area is 116 Å². The molecule has 1 rings (SSSR count). The summed E-state index contributed by atoms with van der Waals surface area (Å²) in [4.78, 5) is -0.0447. The van der Waals surface area contributed by atoms with Gasteiger partial charge in [-0.3, -0.25) is 0 Å². The van der Waals surface area contributed by atoms with Crippen LogP contribution in [0.4, 0.5) is 4.39 Å². The summed E-state index contributed by atoms with van der Waals surface area (Å²) < 4.78 is 40.0. The zero-order valence-electron chi connectivity index (χ0n) is 10.4. The lowest BCUT2D eigenvalue weighted by Crippen LogP contribution is -2.45. The molecule has 0 aromatic heterocycles. The van der Waals surface area contributed by atoms with E-state index >= 15 is 0 Å². The Kier molecular flexibility index (Phi) is 5.31. The molecule has 0 aliphatic heterocycles. The second kappa shape index (κ2) is 6.12. The maximum Gasteiger partial charge on any atom is 0.241 e. The molecule has 1 N–H and O–H groups in total. The van der Waals surface area contributed by atoms with E-state index in [1.807, 2.05) is 13.8 Å². The lowest BCUT2D eigenvalue weighted by molar-refractivity contribution is 0.392. The lowest BCUT2D eigenvalue weighted by atomic mass is 9.98. The van der Waals surface area contributed by atoms with E-state index in [1.165, 1.54) is 18.2 Å². The highest BCUT2D eigenvalue weighted by Gasteiger charge is 2.28. The van der Waals surface area contributed by atoms with Gasteiger partial charge in [0, 0.05) is 10.9 Å². The summed E-state index contributed by atoms with van der Waals surface area (Å²) >= 11 is 3.31. The molecule has 0 spiro atoms. The van der Waals surface area contributed by atoms with Crippen molar-refractivity contribution in [3.63, 3.8) is 0 Å². The summed E-state index contributed by atoms with van der Waals surface area (Å²) in [5.41, 5.74) is -0.533. The van der Waals surface area contributed by atoms with E-state index < -0.39 is 21.4 Å². The van der Waals surface area contributed by atoms with Crippen LogP contribution in [-0.2, 0) is 10.0 Å². The maximum absolute atomic E-state index is 13.1. The van der Waals surface area contributed by atoms with Crippen molar-refractivity contribution in [3.8, 4) is 0 Å². The molecule has 0 bridgehead atoms. The van der Waals surface area contributed by atoms with Crippen LogP contribution in [0.2, 0.25) is 0 Å². The molecule has 0 aliphatic rings. The number of hydrogen-bond donors (Lipinski definition) is 1. The number of nitrogens with one attached hydrogen (secondary N) is 1. The molecule has 102 valence electrons. The number of rotatable bonds is 6. The van der Waals surface area contributed by atoms with Crippen LogP contribution in [0.5, 0.6) is 0 Å². The highest BCUT2D eigenvalue weighted by Crippen LogP contribution is 2.20. The summed E-state index contributed by atoms with van der Waals surface area (Å²) in [5.74, 6) is -0.559. The largest absolute Gasteiger partial charge is 0.241 e. The van der Waals surface area contributed by atoms with Crippen LogP contribution in [0.15, 0.2) is 29.2 Å². The zero-order chi connectivity index (χ0) is 13.8. The van der Waals surface area contributed by atoms with Crippen molar-refractivity contribution < 1.29 is 12.8 Å². The van der Waals surface area contributed by atoms with Crippen LogP contribution in [0.1, 0.15) is 26.7 Å². The van der Waals surface area contributed by atoms with Crippen LogP contribution < -0.4 is 4.72 Å². The summed E-state index contributed by atoms with van der Waals surface area (Å²) in [6.45, 7) is 3.75. The Morgan fingerprint density at radius 3 is 2.61 bits per heavy atom. The molecule has 6 heteroatoms. The van der Waals surface area contributed by atoms with Gasteiger partial charge in [0.2, 0.25) is 10.0 Å². The van der Waals surface area contributed by atoms with Crippen LogP contribution in [0.25, 0.3) is 0 Å². The smallest absolute Gasteiger partial charge is 0.207 e. The van der Waals surface area contributed by atoms with Crippen molar-refractivity contribution in [1.29, 1.82) is 0 Å². The van der Waals surface area contributed by atoms with Crippen molar-refractivity contribution in [2.24, 2.45) is 0 Å². The molecule has 1 aromatic carbocycles. The van der Waals surface area contributed by atoms with Crippen molar-refractivity contribution >= 4 is 26.0 Å². The van der Waals surface area contributed by atoms with Gasteiger partial charge in [0.15, 0.2) is 0 Å². The van der Waals surface area contributed by atoms with Gasteiger partial charge in [-0.25, -0.2) is 17.5 Å². The number of sulfonamides is 1. The highest BCUT2D eigenvalue weighted by molar-refractivity contribution is 9.09. The normalized spacial score (nSPS) is 15.3. The van der Waals surface area contributed by atoms with Crippen molar-refractivity contribution in [2.45, 2.75) is 37.1 Å². The summed E-state index contributed by atoms with van der Waals surface area (Å²) in [5, 5.41) is 0.697. The highest BCUT2D eigenvalue weighted by atomic mass is 79.9. The van der Waals surface area contributed by atoms with Crippen LogP contribution in [-0.4, -0.2) is 19.3 Å². The van der Waals surface area contributed by atoms with Crippen molar-refractivity contribution in [1.82, 2.24) is 4.72 Å². The maximum atomic E-state index is 13.1. The quantitative estimate of drug-likeness (QED) is 0.811. The van der Waals surface area contributed by atoms with Gasteiger partial charge in [-0.15, -0.1) is 0 Å². The van der Waals surface area contributed by atoms with Gasteiger partial charge in [0.05, 0.1) is 4.90 Å². The van der Waals surface area contributed by atoms with E-state index in [9.17, 15) is 12.8 Å². The Balaban J connectivity index is 3.01. The van der Waals surface area contributed by atoms with E-state index in [0.29, 0.717) is 18.2 Å². The minimum Gasteiger partial charge on any atom is -0.207 e. The minimum absolute atomic E-state index is 0.0447. The number of halogens is 2. The first-order valence-corrected chi connectivity index (χ1v) is 8.29. The number of alkyl halides is 1. The summed E-state index contributed by atoms with van der Waals surface area (Å²) in [6.07, 6.45) is 1.32. The first-order valence-electron chi connectivity index (χ1n) is 5.68. The SMILES string of the molecule is CCC(C)(CCBr)NS(=O)(=O)c1cccc(F)c1. The number of hydrogen-bond acceptors (Lipinski definition) is 2. The molecule has 0 amide bonds. The molecule has 1 aromatic rings. The number of benzene rings is 1. The Morgan fingerprint density at radius 2 is 2.11 bits per heavy atom. The van der Waals surface area contributed by atoms with Gasteiger partial charge < -0.3 is 0 Å². The zero-order valence-corrected chi connectivity index (χ0v) is 12.8. The second-order valence-corrected chi connectivity index (χ2v) is 6.89. The molecule has 0 aliphatic carbocycles. The van der Waals surface area contributed by atoms with Crippen molar-refractivity contribution in [3.05, 3.63) is 30.1 Å². The van der Waals surface area contributed by atoms with E-state index in [1.54, 1.807) is 0 Å². The van der Waals surface area contributed by atoms with Crippen LogP contribution in [0.3, 0.4) is 0 Å². The fraction of sp³-hybridized carbons (Fsp3) is 0.500. The summed E-state index contributed by atoms with van der Waals surface area (Å²) in [6, 6.07) is 5.01. The fourth-order valence-corrected chi connectivity index (χ4v) is 3.94. The van der Waals surface area contributed by atoms with Gasteiger partial charge in [-0.05, 0) is 38.0 Å². The molecule has 0 saturated carbocycles. The monoisotopic (exact) mass is 337 g/mol. The third kappa shape index (κ3) is 4.03. The molecular weight excluding hydrogens is 321 g/mol. The Bertz CT molecular complexity index is 507. The molecule has 0 radical (unpaired) electrons. The van der Waals surface area contributed by atoms with Gasteiger partial charge in [0.1, 0.15) is 5.82 Å². The molecule has 0 fully saturated rings. The first kappa shape index (κ1) is 15.6. The second-order valence-electron chi connectivity index (χ2n) is 4.42. The lowest BCUT2D eigenvalue weighted by Gasteiger charge is -2.28. The molecule has 0 saturated heterocycles. The van der Waals surface area contributed by atoms with Crippen molar-refractivity contribution in [2.75, 3.05) is 5.33 Å². The van der Waals surface area contributed by atoms with Gasteiger partial charge >= 0.3 is 0 Å². The molecular formula is C12H17BrFNO2S. The average molecular weight is 338 g/mol. The van der Waals surface area contributed by atoms with E-state index in [0.717, 1.165) is 6.07 Å². The Morgan fingerprint density at radius 1 is 1.44 bits per heavy atom. The van der Waals surface area contributed by atoms with Gasteiger partial charge in [0.25, 0.3) is 0 Å². The molecule has 18 heavy (non-hydrogen) atoms. The predicted molar refractivity (Wildman–Crippen MR) is 73.8 cm³/mol. The third-order valence-corrected chi connectivity index (χ3v) is 4.95. The third-order valence-electron chi connectivity index (χ3n) is 2.91. The first-order chi connectivity index (χ1) is 8.33. The van der Waals surface area contributed by atoms with E-state index in [2.05, 4.69) is 20.7 Å². The van der Waals surface area contributed by atoms with E-state index in [-0.39, 0.29) is 4.90 Å². The topological polar surface area (TPSA) is 46.2 Å². The average Bonchev–Trinajstić information content (AvgIpc) is 2.28. The van der Waals surface area contributed by atoms with Gasteiger partial charge in [-0.2, -0.15) is 0 Å². The summed E-state index contributed by atoms with van der Waals surface area (Å²) in [7, 11) is -3.69. The molecule has 3 nitrogen and oxygen atoms in total. The standard InChI is InChI=1S/C12H17BrFNO2S/c1-3-12(2,7-8-13)15-18(16,17)11-6-4-5-10(14)9-11/h4-6,9,15H,3,7-8H2,1-2H3. The van der Waals surface area contributed by atoms with E-state index in [4.69, 9.17) is 0 Å². The molecule has 0 heterocycles. The van der Waals surface area contributed by atoms with Crippen LogP contribution in [0, 0.1) is 5.82 Å². The van der Waals surface area contributed by atoms with Crippen LogP contribution >= 0.6 is 15.9 Å². The predicted octanol–water partition coefficient (Wildman–Crippen LogP) is 3.06. The Hall–Kier alpha value is -0.460. The van der Waals surface area contributed by atoms with Gasteiger partial charge in [-0.1, -0.05) is 28.9 Å². The fourth-order valence-electron chi connectivity index (χ4n) is 1.53. The molecule has 1 unspecified atom stereocenters. The minimum atomic E-state index is -3.69. The molecule has 1 atom stereocenters.